The van der Waals surface area contributed by atoms with Crippen LogP contribution in [-0.4, -0.2) is 15.0 Å². The molecule has 0 bridgehead atoms. The highest BCUT2D eigenvalue weighted by Gasteiger charge is 2.18. The minimum atomic E-state index is 0.612. The van der Waals surface area contributed by atoms with Gasteiger partial charge >= 0.3 is 0 Å². The van der Waals surface area contributed by atoms with Crippen molar-refractivity contribution in [2.45, 2.75) is 0 Å². The van der Waals surface area contributed by atoms with E-state index in [9.17, 15) is 0 Å². The van der Waals surface area contributed by atoms with Crippen LogP contribution in [0.1, 0.15) is 0 Å². The Morgan fingerprint density at radius 3 is 1.71 bits per heavy atom. The zero-order valence-corrected chi connectivity index (χ0v) is 24.2. The molecule has 2 heterocycles. The summed E-state index contributed by atoms with van der Waals surface area (Å²) in [5.74, 6) is 1.88. The first-order chi connectivity index (χ1) is 22.3. The molecule has 45 heavy (non-hydrogen) atoms. The van der Waals surface area contributed by atoms with Gasteiger partial charge in [-0.25, -0.2) is 15.0 Å². The molecule has 9 rings (SSSR count). The lowest BCUT2D eigenvalue weighted by Gasteiger charge is -2.11. The molecular weight excluding hydrogens is 550 g/mol. The average molecular weight is 576 g/mol. The SMILES string of the molecule is c1ccc(-c2nc(-c3ccccc3)nc(-c3cccc4oc5cc(-c6cc7ccccc7c7ccccc67)ccc5c34)n2)cc1. The second-order valence-corrected chi connectivity index (χ2v) is 11.2. The number of aromatic nitrogens is 3. The van der Waals surface area contributed by atoms with E-state index in [1.54, 1.807) is 0 Å². The van der Waals surface area contributed by atoms with Gasteiger partial charge in [0, 0.05) is 27.5 Å². The van der Waals surface area contributed by atoms with Crippen LogP contribution in [0.5, 0.6) is 0 Å². The molecule has 2 aromatic heterocycles. The fourth-order valence-electron chi connectivity index (χ4n) is 6.40. The van der Waals surface area contributed by atoms with Crippen LogP contribution in [0.4, 0.5) is 0 Å². The van der Waals surface area contributed by atoms with Crippen molar-refractivity contribution in [1.29, 1.82) is 0 Å². The Bertz CT molecular complexity index is 2480. The van der Waals surface area contributed by atoms with Crippen molar-refractivity contribution < 1.29 is 4.42 Å². The van der Waals surface area contributed by atoms with Crippen LogP contribution < -0.4 is 0 Å². The van der Waals surface area contributed by atoms with Crippen LogP contribution >= 0.6 is 0 Å². The summed E-state index contributed by atoms with van der Waals surface area (Å²) in [5, 5.41) is 6.96. The third-order valence-electron chi connectivity index (χ3n) is 8.52. The van der Waals surface area contributed by atoms with Crippen molar-refractivity contribution in [2.24, 2.45) is 0 Å². The largest absolute Gasteiger partial charge is 0.456 e. The van der Waals surface area contributed by atoms with E-state index in [4.69, 9.17) is 19.4 Å². The van der Waals surface area contributed by atoms with Gasteiger partial charge in [0.15, 0.2) is 17.5 Å². The summed E-state index contributed by atoms with van der Waals surface area (Å²) in [6.07, 6.45) is 0. The van der Waals surface area contributed by atoms with Gasteiger partial charge in [-0.3, -0.25) is 0 Å². The minimum absolute atomic E-state index is 0.612. The maximum Gasteiger partial charge on any atom is 0.164 e. The van der Waals surface area contributed by atoms with Crippen LogP contribution in [0, 0.1) is 0 Å². The van der Waals surface area contributed by atoms with Crippen LogP contribution in [0.25, 0.3) is 88.8 Å². The normalized spacial score (nSPS) is 11.6. The maximum absolute atomic E-state index is 6.53. The van der Waals surface area contributed by atoms with Gasteiger partial charge in [0.1, 0.15) is 11.2 Å². The molecule has 0 radical (unpaired) electrons. The van der Waals surface area contributed by atoms with Crippen LogP contribution in [0.3, 0.4) is 0 Å². The lowest BCUT2D eigenvalue weighted by Crippen LogP contribution is -2.00. The van der Waals surface area contributed by atoms with E-state index in [1.165, 1.54) is 27.1 Å². The summed E-state index contributed by atoms with van der Waals surface area (Å²) in [6, 6.07) is 52.2. The Morgan fingerprint density at radius 1 is 0.356 bits per heavy atom. The summed E-state index contributed by atoms with van der Waals surface area (Å²) < 4.78 is 6.53. The molecule has 0 unspecified atom stereocenters. The molecule has 0 atom stereocenters. The first kappa shape index (κ1) is 25.4. The molecular formula is C41H25N3O. The third kappa shape index (κ3) is 4.27. The summed E-state index contributed by atoms with van der Waals surface area (Å²) in [5.41, 5.74) is 6.71. The summed E-state index contributed by atoms with van der Waals surface area (Å²) in [7, 11) is 0. The Kier molecular flexibility index (Phi) is 5.78. The Hall–Kier alpha value is -6.13. The van der Waals surface area contributed by atoms with Crippen LogP contribution in [0.2, 0.25) is 0 Å². The number of rotatable bonds is 4. The maximum atomic E-state index is 6.53. The summed E-state index contributed by atoms with van der Waals surface area (Å²) >= 11 is 0. The van der Waals surface area contributed by atoms with Crippen molar-refractivity contribution in [1.82, 2.24) is 15.0 Å². The van der Waals surface area contributed by atoms with Gasteiger partial charge in [-0.05, 0) is 56.9 Å². The van der Waals surface area contributed by atoms with Crippen molar-refractivity contribution in [3.8, 4) is 45.3 Å². The summed E-state index contributed by atoms with van der Waals surface area (Å²) in [4.78, 5) is 14.9. The molecule has 7 aromatic carbocycles. The topological polar surface area (TPSA) is 51.8 Å². The van der Waals surface area contributed by atoms with E-state index in [-0.39, 0.29) is 0 Å². The molecule has 0 amide bonds. The predicted octanol–water partition coefficient (Wildman–Crippen LogP) is 10.7. The van der Waals surface area contributed by atoms with Crippen molar-refractivity contribution >= 4 is 43.5 Å². The van der Waals surface area contributed by atoms with E-state index in [0.29, 0.717) is 17.5 Å². The number of benzene rings is 7. The molecule has 0 aliphatic heterocycles. The summed E-state index contributed by atoms with van der Waals surface area (Å²) in [6.45, 7) is 0. The molecule has 4 nitrogen and oxygen atoms in total. The van der Waals surface area contributed by atoms with Crippen molar-refractivity contribution in [3.63, 3.8) is 0 Å². The average Bonchev–Trinajstić information content (AvgIpc) is 3.50. The molecule has 9 aromatic rings. The first-order valence-corrected chi connectivity index (χ1v) is 15.0. The fraction of sp³-hybridized carbons (Fsp3) is 0. The highest BCUT2D eigenvalue weighted by atomic mass is 16.3. The molecule has 0 aliphatic rings. The molecule has 0 fully saturated rings. The monoisotopic (exact) mass is 575 g/mol. The lowest BCUT2D eigenvalue weighted by atomic mass is 9.93. The number of hydrogen-bond donors (Lipinski definition) is 0. The smallest absolute Gasteiger partial charge is 0.164 e. The third-order valence-corrected chi connectivity index (χ3v) is 8.52. The van der Waals surface area contributed by atoms with Crippen molar-refractivity contribution in [3.05, 3.63) is 152 Å². The van der Waals surface area contributed by atoms with Gasteiger partial charge in [0.05, 0.1) is 0 Å². The van der Waals surface area contributed by atoms with E-state index in [0.717, 1.165) is 44.2 Å². The second kappa shape index (κ2) is 10.2. The van der Waals surface area contributed by atoms with Gasteiger partial charge in [0.2, 0.25) is 0 Å². The second-order valence-electron chi connectivity index (χ2n) is 11.2. The number of fused-ring (bicyclic) bond motifs is 6. The van der Waals surface area contributed by atoms with Gasteiger partial charge in [-0.2, -0.15) is 0 Å². The lowest BCUT2D eigenvalue weighted by molar-refractivity contribution is 0.669. The van der Waals surface area contributed by atoms with Crippen LogP contribution in [0.15, 0.2) is 156 Å². The van der Waals surface area contributed by atoms with Crippen LogP contribution in [-0.2, 0) is 0 Å². The molecule has 0 spiro atoms. The van der Waals surface area contributed by atoms with E-state index >= 15 is 0 Å². The van der Waals surface area contributed by atoms with E-state index in [1.807, 2.05) is 72.8 Å². The highest BCUT2D eigenvalue weighted by molar-refractivity contribution is 6.16. The molecule has 0 saturated carbocycles. The van der Waals surface area contributed by atoms with E-state index in [2.05, 4.69) is 78.9 Å². The number of nitrogens with zero attached hydrogens (tertiary/aromatic N) is 3. The standard InChI is InChI=1S/C41H25N3O/c1-3-12-26(13-4-1)39-42-40(27-14-5-2-6-15-27)44-41(43-39)34-20-11-21-36-38(34)33-23-22-29(25-37(33)45-36)35-24-28-16-7-8-17-30(28)31-18-9-10-19-32(31)35/h1-25H. The quantitative estimate of drug-likeness (QED) is 0.196. The fourth-order valence-corrected chi connectivity index (χ4v) is 6.40. The van der Waals surface area contributed by atoms with Gasteiger partial charge in [0.25, 0.3) is 0 Å². The molecule has 0 N–H and O–H groups in total. The number of hydrogen-bond acceptors (Lipinski definition) is 4. The number of furan rings is 1. The first-order valence-electron chi connectivity index (χ1n) is 15.0. The molecule has 0 aliphatic carbocycles. The zero-order chi connectivity index (χ0) is 29.7. The predicted molar refractivity (Wildman–Crippen MR) is 184 cm³/mol. The minimum Gasteiger partial charge on any atom is -0.456 e. The highest BCUT2D eigenvalue weighted by Crippen LogP contribution is 2.40. The Morgan fingerprint density at radius 2 is 0.978 bits per heavy atom. The van der Waals surface area contributed by atoms with Gasteiger partial charge in [-0.1, -0.05) is 127 Å². The van der Waals surface area contributed by atoms with Gasteiger partial charge < -0.3 is 4.42 Å². The van der Waals surface area contributed by atoms with Crippen molar-refractivity contribution in [2.75, 3.05) is 0 Å². The van der Waals surface area contributed by atoms with E-state index < -0.39 is 0 Å². The Balaban J connectivity index is 1.25. The van der Waals surface area contributed by atoms with Gasteiger partial charge in [-0.15, -0.1) is 0 Å². The molecule has 0 saturated heterocycles. The zero-order valence-electron chi connectivity index (χ0n) is 24.2. The molecule has 210 valence electrons. The Labute approximate surface area is 259 Å². The molecule has 4 heteroatoms.